The number of benzene rings is 1. The molecule has 0 aliphatic carbocycles. The van der Waals surface area contributed by atoms with Crippen LogP contribution in [0.25, 0.3) is 0 Å². The van der Waals surface area contributed by atoms with Crippen molar-refractivity contribution in [2.24, 2.45) is 0 Å². The first-order chi connectivity index (χ1) is 8.70. The maximum Gasteiger partial charge on any atom is 0.147 e. The van der Waals surface area contributed by atoms with Crippen molar-refractivity contribution in [3.63, 3.8) is 0 Å². The molecule has 3 nitrogen and oxygen atoms in total. The summed E-state index contributed by atoms with van der Waals surface area (Å²) in [4.78, 5) is 10.6. The fraction of sp³-hybridized carbons (Fsp3) is 0.231. The van der Waals surface area contributed by atoms with Gasteiger partial charge in [-0.1, -0.05) is 34.1 Å². The quantitative estimate of drug-likeness (QED) is 0.804. The molecule has 0 spiro atoms. The van der Waals surface area contributed by atoms with Crippen LogP contribution in [0.5, 0.6) is 0 Å². The molecule has 1 heterocycles. The van der Waals surface area contributed by atoms with E-state index in [4.69, 9.17) is 11.6 Å². The Morgan fingerprint density at radius 3 is 2.78 bits per heavy atom. The number of rotatable bonds is 4. The van der Waals surface area contributed by atoms with Crippen LogP contribution in [0.3, 0.4) is 0 Å². The molecule has 1 aromatic heterocycles. The number of halogens is 2. The highest BCUT2D eigenvalue weighted by Gasteiger charge is 2.07. The van der Waals surface area contributed by atoms with Crippen LogP contribution in [0.2, 0.25) is 0 Å². The highest BCUT2D eigenvalue weighted by molar-refractivity contribution is 9.10. The lowest BCUT2D eigenvalue weighted by Gasteiger charge is -2.19. The van der Waals surface area contributed by atoms with Gasteiger partial charge in [0.25, 0.3) is 0 Å². The van der Waals surface area contributed by atoms with Gasteiger partial charge >= 0.3 is 0 Å². The van der Waals surface area contributed by atoms with E-state index >= 15 is 0 Å². The minimum absolute atomic E-state index is 0.379. The van der Waals surface area contributed by atoms with Gasteiger partial charge in [0.05, 0.1) is 17.8 Å². The Morgan fingerprint density at radius 2 is 2.06 bits per heavy atom. The van der Waals surface area contributed by atoms with Crippen molar-refractivity contribution in [2.75, 3.05) is 11.9 Å². The SMILES string of the molecule is CN(Cc1ccccc1Br)c1cncc(CCl)n1. The van der Waals surface area contributed by atoms with Crippen LogP contribution in [0.4, 0.5) is 5.82 Å². The first-order valence-electron chi connectivity index (χ1n) is 5.52. The van der Waals surface area contributed by atoms with Gasteiger partial charge in [0.2, 0.25) is 0 Å². The van der Waals surface area contributed by atoms with Gasteiger partial charge in [0.15, 0.2) is 0 Å². The van der Waals surface area contributed by atoms with Crippen LogP contribution in [0.15, 0.2) is 41.1 Å². The molecule has 0 radical (unpaired) electrons. The topological polar surface area (TPSA) is 29.0 Å². The average Bonchev–Trinajstić information content (AvgIpc) is 2.41. The van der Waals surface area contributed by atoms with E-state index in [9.17, 15) is 0 Å². The van der Waals surface area contributed by atoms with E-state index in [1.165, 1.54) is 5.56 Å². The molecule has 94 valence electrons. The zero-order valence-corrected chi connectivity index (χ0v) is 12.3. The Labute approximate surface area is 120 Å². The van der Waals surface area contributed by atoms with Crippen molar-refractivity contribution < 1.29 is 0 Å². The molecule has 0 saturated carbocycles. The van der Waals surface area contributed by atoms with Crippen LogP contribution in [0.1, 0.15) is 11.3 Å². The van der Waals surface area contributed by atoms with Crippen molar-refractivity contribution in [2.45, 2.75) is 12.4 Å². The molecule has 0 aliphatic heterocycles. The van der Waals surface area contributed by atoms with E-state index in [1.54, 1.807) is 12.4 Å². The Balaban J connectivity index is 2.16. The number of aromatic nitrogens is 2. The van der Waals surface area contributed by atoms with E-state index in [2.05, 4.69) is 32.0 Å². The van der Waals surface area contributed by atoms with Gasteiger partial charge in [0.1, 0.15) is 5.82 Å². The first kappa shape index (κ1) is 13.3. The summed E-state index contributed by atoms with van der Waals surface area (Å²) in [6, 6.07) is 8.14. The summed E-state index contributed by atoms with van der Waals surface area (Å²) in [5, 5.41) is 0. The van der Waals surface area contributed by atoms with Crippen molar-refractivity contribution in [1.29, 1.82) is 0 Å². The second kappa shape index (κ2) is 6.16. The maximum absolute atomic E-state index is 5.76. The molecule has 0 atom stereocenters. The van der Waals surface area contributed by atoms with E-state index < -0.39 is 0 Å². The zero-order valence-electron chi connectivity index (χ0n) is 9.98. The van der Waals surface area contributed by atoms with Crippen LogP contribution in [-0.4, -0.2) is 17.0 Å². The van der Waals surface area contributed by atoms with Gasteiger partial charge in [-0.2, -0.15) is 0 Å². The largest absolute Gasteiger partial charge is 0.354 e. The molecule has 0 fully saturated rings. The average molecular weight is 327 g/mol. The van der Waals surface area contributed by atoms with Gasteiger partial charge in [0, 0.05) is 24.3 Å². The van der Waals surface area contributed by atoms with E-state index in [-0.39, 0.29) is 0 Å². The van der Waals surface area contributed by atoms with Gasteiger partial charge in [-0.25, -0.2) is 4.98 Å². The molecule has 0 N–H and O–H groups in total. The standard InChI is InChI=1S/C13H13BrClN3/c1-18(9-10-4-2-3-5-12(10)14)13-8-16-7-11(6-15)17-13/h2-5,7-8H,6,9H2,1H3. The summed E-state index contributed by atoms with van der Waals surface area (Å²) in [5.74, 6) is 1.20. The smallest absolute Gasteiger partial charge is 0.147 e. The zero-order chi connectivity index (χ0) is 13.0. The molecule has 18 heavy (non-hydrogen) atoms. The van der Waals surface area contributed by atoms with Crippen LogP contribution >= 0.6 is 27.5 Å². The number of hydrogen-bond donors (Lipinski definition) is 0. The molecule has 0 aliphatic rings. The predicted molar refractivity (Wildman–Crippen MR) is 77.8 cm³/mol. The van der Waals surface area contributed by atoms with Crippen molar-refractivity contribution in [1.82, 2.24) is 9.97 Å². The van der Waals surface area contributed by atoms with Gasteiger partial charge in [-0.3, -0.25) is 4.98 Å². The fourth-order valence-corrected chi connectivity index (χ4v) is 2.15. The van der Waals surface area contributed by atoms with Crippen molar-refractivity contribution in [3.8, 4) is 0 Å². The summed E-state index contributed by atoms with van der Waals surface area (Å²) >= 11 is 9.30. The number of nitrogens with zero attached hydrogens (tertiary/aromatic N) is 3. The predicted octanol–water partition coefficient (Wildman–Crippen LogP) is 3.61. The van der Waals surface area contributed by atoms with E-state index in [0.29, 0.717) is 5.88 Å². The lowest BCUT2D eigenvalue weighted by molar-refractivity contribution is 0.877. The third-order valence-corrected chi connectivity index (χ3v) is 3.61. The Hall–Kier alpha value is -1.13. The third kappa shape index (κ3) is 3.21. The van der Waals surface area contributed by atoms with Gasteiger partial charge < -0.3 is 4.90 Å². The fourth-order valence-electron chi connectivity index (χ4n) is 1.61. The minimum Gasteiger partial charge on any atom is -0.354 e. The summed E-state index contributed by atoms with van der Waals surface area (Å²) in [6.07, 6.45) is 3.43. The van der Waals surface area contributed by atoms with Crippen molar-refractivity contribution >= 4 is 33.3 Å². The van der Waals surface area contributed by atoms with Crippen molar-refractivity contribution in [3.05, 3.63) is 52.4 Å². The lowest BCUT2D eigenvalue weighted by atomic mass is 10.2. The second-order valence-corrected chi connectivity index (χ2v) is 5.07. The number of hydrogen-bond acceptors (Lipinski definition) is 3. The molecular weight excluding hydrogens is 314 g/mol. The Bertz CT molecular complexity index is 533. The molecule has 2 aromatic rings. The number of alkyl halides is 1. The Kier molecular flexibility index (Phi) is 4.55. The third-order valence-electron chi connectivity index (χ3n) is 2.57. The molecule has 0 bridgehead atoms. The lowest BCUT2D eigenvalue weighted by Crippen LogP contribution is -2.18. The molecular formula is C13H13BrClN3. The summed E-state index contributed by atoms with van der Waals surface area (Å²) in [6.45, 7) is 0.766. The summed E-state index contributed by atoms with van der Waals surface area (Å²) < 4.78 is 1.10. The molecule has 5 heteroatoms. The maximum atomic E-state index is 5.76. The summed E-state index contributed by atoms with van der Waals surface area (Å²) in [5.41, 5.74) is 1.99. The molecule has 0 saturated heterocycles. The highest BCUT2D eigenvalue weighted by atomic mass is 79.9. The highest BCUT2D eigenvalue weighted by Crippen LogP contribution is 2.19. The van der Waals surface area contributed by atoms with Crippen LogP contribution < -0.4 is 4.90 Å². The van der Waals surface area contributed by atoms with Gasteiger partial charge in [-0.05, 0) is 11.6 Å². The second-order valence-electron chi connectivity index (χ2n) is 3.95. The monoisotopic (exact) mass is 325 g/mol. The minimum atomic E-state index is 0.379. The Morgan fingerprint density at radius 1 is 1.28 bits per heavy atom. The van der Waals surface area contributed by atoms with Crippen LogP contribution in [-0.2, 0) is 12.4 Å². The molecule has 2 rings (SSSR count). The number of anilines is 1. The first-order valence-corrected chi connectivity index (χ1v) is 6.85. The molecule has 0 unspecified atom stereocenters. The van der Waals surface area contributed by atoms with Gasteiger partial charge in [-0.15, -0.1) is 11.6 Å². The molecule has 1 aromatic carbocycles. The summed E-state index contributed by atoms with van der Waals surface area (Å²) in [7, 11) is 1.99. The van der Waals surface area contributed by atoms with Crippen LogP contribution in [0, 0.1) is 0 Å². The molecule has 0 amide bonds. The van der Waals surface area contributed by atoms with E-state index in [0.717, 1.165) is 22.5 Å². The van der Waals surface area contributed by atoms with E-state index in [1.807, 2.05) is 30.1 Å². The normalized spacial score (nSPS) is 10.4.